The zero-order valence-corrected chi connectivity index (χ0v) is 17.4. The second-order valence-corrected chi connectivity index (χ2v) is 7.57. The third-order valence-corrected chi connectivity index (χ3v) is 5.19. The summed E-state index contributed by atoms with van der Waals surface area (Å²) in [5.74, 6) is 1.51. The van der Waals surface area contributed by atoms with Crippen molar-refractivity contribution < 1.29 is 4.39 Å². The first-order chi connectivity index (χ1) is 14.5. The monoisotopic (exact) mass is 404 g/mol. The molecule has 0 aliphatic rings. The van der Waals surface area contributed by atoms with E-state index in [1.165, 1.54) is 23.2 Å². The number of hydrogen-bond acceptors (Lipinski definition) is 5. The maximum absolute atomic E-state index is 13.7. The number of H-pyrrole nitrogens is 1. The highest BCUT2D eigenvalue weighted by Gasteiger charge is 2.13. The molecule has 0 unspecified atom stereocenters. The van der Waals surface area contributed by atoms with Gasteiger partial charge in [-0.3, -0.25) is 4.98 Å². The minimum absolute atomic E-state index is 0.262. The van der Waals surface area contributed by atoms with Crippen molar-refractivity contribution in [2.45, 2.75) is 26.3 Å². The topological polar surface area (TPSA) is 69.7 Å². The van der Waals surface area contributed by atoms with Crippen LogP contribution in [0.3, 0.4) is 0 Å². The maximum atomic E-state index is 13.7. The molecule has 4 aromatic rings. The molecule has 30 heavy (non-hydrogen) atoms. The Hall–Kier alpha value is -3.48. The molecule has 0 aliphatic heterocycles. The molecular weight excluding hydrogens is 379 g/mol. The minimum atomic E-state index is -0.410. The van der Waals surface area contributed by atoms with E-state index in [1.54, 1.807) is 6.20 Å². The Labute approximate surface area is 175 Å². The van der Waals surface area contributed by atoms with Gasteiger partial charge in [-0.1, -0.05) is 18.2 Å². The van der Waals surface area contributed by atoms with Gasteiger partial charge in [-0.25, -0.2) is 14.4 Å². The van der Waals surface area contributed by atoms with Gasteiger partial charge in [-0.2, -0.15) is 0 Å². The zero-order chi connectivity index (χ0) is 21.1. The highest BCUT2D eigenvalue weighted by atomic mass is 19.1. The number of aromatic amines is 1. The molecule has 0 amide bonds. The number of benzene rings is 1. The molecule has 0 saturated heterocycles. The van der Waals surface area contributed by atoms with Crippen LogP contribution < -0.4 is 10.2 Å². The second kappa shape index (κ2) is 8.49. The van der Waals surface area contributed by atoms with E-state index in [4.69, 9.17) is 0 Å². The first-order valence-corrected chi connectivity index (χ1v) is 10.0. The summed E-state index contributed by atoms with van der Waals surface area (Å²) in [5, 5.41) is 4.63. The van der Waals surface area contributed by atoms with E-state index >= 15 is 0 Å². The van der Waals surface area contributed by atoms with Gasteiger partial charge in [0.05, 0.1) is 6.20 Å². The van der Waals surface area contributed by atoms with Gasteiger partial charge in [-0.15, -0.1) is 0 Å². The second-order valence-electron chi connectivity index (χ2n) is 7.57. The van der Waals surface area contributed by atoms with E-state index in [0.29, 0.717) is 23.8 Å². The van der Waals surface area contributed by atoms with Crippen LogP contribution in [0.1, 0.15) is 19.4 Å². The number of fused-ring (bicyclic) bond motifs is 1. The van der Waals surface area contributed by atoms with E-state index in [9.17, 15) is 4.39 Å². The van der Waals surface area contributed by atoms with Gasteiger partial charge >= 0.3 is 0 Å². The van der Waals surface area contributed by atoms with Crippen LogP contribution in [0.2, 0.25) is 0 Å². The zero-order valence-electron chi connectivity index (χ0n) is 17.4. The number of hydrogen-bond donors (Lipinski definition) is 2. The number of pyridine rings is 1. The van der Waals surface area contributed by atoms with Crippen molar-refractivity contribution in [1.29, 1.82) is 0 Å². The summed E-state index contributed by atoms with van der Waals surface area (Å²) in [4.78, 5) is 18.5. The summed E-state index contributed by atoms with van der Waals surface area (Å²) in [7, 11) is 1.98. The van der Waals surface area contributed by atoms with Gasteiger partial charge in [0.2, 0.25) is 0 Å². The van der Waals surface area contributed by atoms with Crippen LogP contribution in [-0.4, -0.2) is 39.6 Å². The first-order valence-electron chi connectivity index (χ1n) is 10.0. The minimum Gasteiger partial charge on any atom is -0.370 e. The Morgan fingerprint density at radius 2 is 1.97 bits per heavy atom. The highest BCUT2D eigenvalue weighted by Crippen LogP contribution is 2.23. The third kappa shape index (κ3) is 4.25. The van der Waals surface area contributed by atoms with Crippen LogP contribution in [0.15, 0.2) is 55.0 Å². The number of nitrogens with one attached hydrogen (secondary N) is 2. The van der Waals surface area contributed by atoms with Crippen LogP contribution in [-0.2, 0) is 6.42 Å². The SMILES string of the molecule is CC(C)N(C)c1cc(NCCc2c[nH]c3ccccc23)nc(-c2cncc(F)c2)n1. The van der Waals surface area contributed by atoms with Crippen molar-refractivity contribution in [3.8, 4) is 11.4 Å². The standard InChI is InChI=1S/C23H25FN6/c1-15(2)30(3)22-11-21(28-23(29-22)17-10-18(24)14-25-12-17)26-9-8-16-13-27-20-7-5-4-6-19(16)20/h4-7,10-15,27H,8-9H2,1-3H3,(H,26,28,29). The van der Waals surface area contributed by atoms with Crippen LogP contribution >= 0.6 is 0 Å². The molecule has 154 valence electrons. The number of aromatic nitrogens is 4. The fraction of sp³-hybridized carbons (Fsp3) is 0.261. The quantitative estimate of drug-likeness (QED) is 0.469. The number of nitrogens with zero attached hydrogens (tertiary/aromatic N) is 4. The molecule has 0 spiro atoms. The predicted molar refractivity (Wildman–Crippen MR) is 119 cm³/mol. The van der Waals surface area contributed by atoms with Crippen LogP contribution in [0.25, 0.3) is 22.3 Å². The van der Waals surface area contributed by atoms with Crippen molar-refractivity contribution in [2.75, 3.05) is 23.8 Å². The lowest BCUT2D eigenvalue weighted by atomic mass is 10.1. The molecule has 4 rings (SSSR count). The number of para-hydroxylation sites is 1. The molecule has 0 atom stereocenters. The normalized spacial score (nSPS) is 11.2. The molecule has 1 aromatic carbocycles. The lowest BCUT2D eigenvalue weighted by molar-refractivity contribution is 0.622. The van der Waals surface area contributed by atoms with Crippen molar-refractivity contribution >= 4 is 22.5 Å². The fourth-order valence-electron chi connectivity index (χ4n) is 3.30. The van der Waals surface area contributed by atoms with Gasteiger partial charge in [0.15, 0.2) is 5.82 Å². The maximum Gasteiger partial charge on any atom is 0.165 e. The lowest BCUT2D eigenvalue weighted by Crippen LogP contribution is -2.27. The lowest BCUT2D eigenvalue weighted by Gasteiger charge is -2.23. The van der Waals surface area contributed by atoms with Crippen LogP contribution in [0.5, 0.6) is 0 Å². The third-order valence-electron chi connectivity index (χ3n) is 5.19. The van der Waals surface area contributed by atoms with Gasteiger partial charge < -0.3 is 15.2 Å². The summed E-state index contributed by atoms with van der Waals surface area (Å²) < 4.78 is 13.7. The Balaban J connectivity index is 1.58. The van der Waals surface area contributed by atoms with Gasteiger partial charge in [-0.05, 0) is 38.0 Å². The van der Waals surface area contributed by atoms with E-state index in [0.717, 1.165) is 17.8 Å². The number of rotatable bonds is 7. The molecule has 0 fully saturated rings. The van der Waals surface area contributed by atoms with Crippen LogP contribution in [0, 0.1) is 5.82 Å². The molecule has 0 bridgehead atoms. The number of halogens is 1. The Kier molecular flexibility index (Phi) is 5.61. The smallest absolute Gasteiger partial charge is 0.165 e. The Morgan fingerprint density at radius 1 is 1.13 bits per heavy atom. The van der Waals surface area contributed by atoms with E-state index in [2.05, 4.69) is 56.1 Å². The van der Waals surface area contributed by atoms with Crippen molar-refractivity contribution in [1.82, 2.24) is 19.9 Å². The van der Waals surface area contributed by atoms with E-state index < -0.39 is 5.82 Å². The molecule has 0 saturated carbocycles. The molecule has 2 N–H and O–H groups in total. The average Bonchev–Trinajstić information content (AvgIpc) is 3.16. The highest BCUT2D eigenvalue weighted by molar-refractivity contribution is 5.83. The average molecular weight is 404 g/mol. The molecule has 6 nitrogen and oxygen atoms in total. The molecule has 7 heteroatoms. The van der Waals surface area contributed by atoms with Gasteiger partial charge in [0, 0.05) is 54.6 Å². The van der Waals surface area contributed by atoms with Crippen LogP contribution in [0.4, 0.5) is 16.0 Å². The summed E-state index contributed by atoms with van der Waals surface area (Å²) in [6, 6.07) is 11.9. The predicted octanol–water partition coefficient (Wildman–Crippen LogP) is 4.66. The van der Waals surface area contributed by atoms with Gasteiger partial charge in [0.1, 0.15) is 17.5 Å². The largest absolute Gasteiger partial charge is 0.370 e. The summed E-state index contributed by atoms with van der Waals surface area (Å²) in [6.45, 7) is 4.90. The summed E-state index contributed by atoms with van der Waals surface area (Å²) in [6.07, 6.45) is 5.65. The first kappa shape index (κ1) is 19.8. The molecular formula is C23H25FN6. The summed E-state index contributed by atoms with van der Waals surface area (Å²) >= 11 is 0. The van der Waals surface area contributed by atoms with Crippen molar-refractivity contribution in [2.24, 2.45) is 0 Å². The molecule has 3 aromatic heterocycles. The van der Waals surface area contributed by atoms with Gasteiger partial charge in [0.25, 0.3) is 0 Å². The number of anilines is 2. The Morgan fingerprint density at radius 3 is 2.77 bits per heavy atom. The summed E-state index contributed by atoms with van der Waals surface area (Å²) in [5.41, 5.74) is 2.94. The van der Waals surface area contributed by atoms with E-state index in [-0.39, 0.29) is 6.04 Å². The Bertz CT molecular complexity index is 1150. The van der Waals surface area contributed by atoms with E-state index in [1.807, 2.05) is 31.4 Å². The molecule has 0 aliphatic carbocycles. The fourth-order valence-corrected chi connectivity index (χ4v) is 3.30. The van der Waals surface area contributed by atoms with Crippen molar-refractivity contribution in [3.05, 3.63) is 66.4 Å². The molecule has 0 radical (unpaired) electrons. The van der Waals surface area contributed by atoms with Crippen molar-refractivity contribution in [3.63, 3.8) is 0 Å². The molecule has 3 heterocycles.